The third kappa shape index (κ3) is 4.82. The summed E-state index contributed by atoms with van der Waals surface area (Å²) in [4.78, 5) is -0.708. The Hall–Kier alpha value is -2.03. The lowest BCUT2D eigenvalue weighted by molar-refractivity contribution is 0.0730. The molecule has 2 aromatic rings. The van der Waals surface area contributed by atoms with Gasteiger partial charge in [-0.15, -0.1) is 0 Å². The first-order valence-electron chi connectivity index (χ1n) is 8.75. The number of hydrogen-bond acceptors (Lipinski definition) is 7. The molecule has 1 aliphatic rings. The van der Waals surface area contributed by atoms with Gasteiger partial charge in [-0.1, -0.05) is 12.1 Å². The summed E-state index contributed by atoms with van der Waals surface area (Å²) in [7, 11) is -12.1. The number of benzene rings is 2. The average molecular weight is 476 g/mol. The van der Waals surface area contributed by atoms with Gasteiger partial charge in [0, 0.05) is 13.1 Å². The third-order valence-electron chi connectivity index (χ3n) is 4.47. The minimum absolute atomic E-state index is 0.0217. The molecular formula is C17H21N3O7S3. The van der Waals surface area contributed by atoms with Gasteiger partial charge in [0.2, 0.25) is 20.0 Å². The number of ether oxygens (including phenoxy) is 1. The summed E-state index contributed by atoms with van der Waals surface area (Å²) in [6, 6.07) is 8.71. The summed E-state index contributed by atoms with van der Waals surface area (Å²) in [6.45, 7) is 2.59. The molecule has 1 fully saturated rings. The summed E-state index contributed by atoms with van der Waals surface area (Å²) in [5, 5.41) is 5.05. The van der Waals surface area contributed by atoms with E-state index in [0.29, 0.717) is 5.56 Å². The van der Waals surface area contributed by atoms with Gasteiger partial charge >= 0.3 is 0 Å². The number of hydrogen-bond donors (Lipinski definition) is 2. The Bertz CT molecular complexity index is 1270. The molecule has 0 radical (unpaired) electrons. The number of rotatable bonds is 6. The lowest BCUT2D eigenvalue weighted by atomic mass is 10.2. The molecule has 0 aromatic heterocycles. The topological polar surface area (TPSA) is 153 Å². The van der Waals surface area contributed by atoms with Crippen LogP contribution in [0.5, 0.6) is 0 Å². The summed E-state index contributed by atoms with van der Waals surface area (Å²) in [6.07, 6.45) is 0. The van der Waals surface area contributed by atoms with Crippen LogP contribution in [0.2, 0.25) is 0 Å². The maximum absolute atomic E-state index is 13.0. The van der Waals surface area contributed by atoms with Crippen molar-refractivity contribution in [1.29, 1.82) is 0 Å². The number of morpholine rings is 1. The van der Waals surface area contributed by atoms with E-state index in [2.05, 4.69) is 4.72 Å². The molecule has 10 nitrogen and oxygen atoms in total. The van der Waals surface area contributed by atoms with Crippen molar-refractivity contribution in [2.24, 2.45) is 5.14 Å². The van der Waals surface area contributed by atoms with Crippen molar-refractivity contribution in [2.45, 2.75) is 21.6 Å². The standard InChI is InChI=1S/C17H21N3O7S3/c1-13-5-6-14(11-17(13)30(25,26)20-7-9-27-10-8-20)19-29(23,24)16-4-2-3-15(12-16)28(18,21)22/h2-6,11-12,19H,7-10H2,1H3,(H2,18,21,22). The molecule has 0 aliphatic carbocycles. The fourth-order valence-electron chi connectivity index (χ4n) is 2.90. The first kappa shape index (κ1) is 22.7. The second kappa shape index (κ2) is 8.24. The van der Waals surface area contributed by atoms with Crippen molar-refractivity contribution in [1.82, 2.24) is 4.31 Å². The molecule has 1 heterocycles. The molecular weight excluding hydrogens is 454 g/mol. The molecule has 0 amide bonds. The van der Waals surface area contributed by atoms with Crippen molar-refractivity contribution in [3.05, 3.63) is 48.0 Å². The van der Waals surface area contributed by atoms with E-state index in [4.69, 9.17) is 9.88 Å². The number of nitrogens with one attached hydrogen (secondary N) is 1. The van der Waals surface area contributed by atoms with Crippen molar-refractivity contribution in [3.63, 3.8) is 0 Å². The molecule has 1 saturated heterocycles. The quantitative estimate of drug-likeness (QED) is 0.615. The zero-order valence-electron chi connectivity index (χ0n) is 16.0. The Balaban J connectivity index is 1.95. The van der Waals surface area contributed by atoms with Crippen molar-refractivity contribution >= 4 is 35.8 Å². The number of anilines is 1. The van der Waals surface area contributed by atoms with Crippen LogP contribution in [0, 0.1) is 6.92 Å². The molecule has 30 heavy (non-hydrogen) atoms. The molecule has 3 N–H and O–H groups in total. The van der Waals surface area contributed by atoms with Crippen LogP contribution in [-0.4, -0.2) is 55.9 Å². The van der Waals surface area contributed by atoms with E-state index in [1.807, 2.05) is 0 Å². The number of aryl methyl sites for hydroxylation is 1. The largest absolute Gasteiger partial charge is 0.379 e. The van der Waals surface area contributed by atoms with E-state index in [1.165, 1.54) is 40.7 Å². The Kier molecular flexibility index (Phi) is 6.23. The predicted octanol–water partition coefficient (Wildman–Crippen LogP) is 0.464. The Morgan fingerprint density at radius 3 is 2.20 bits per heavy atom. The van der Waals surface area contributed by atoms with E-state index in [1.54, 1.807) is 6.92 Å². The smallest absolute Gasteiger partial charge is 0.261 e. The maximum Gasteiger partial charge on any atom is 0.261 e. The van der Waals surface area contributed by atoms with Crippen LogP contribution in [0.25, 0.3) is 0 Å². The molecule has 164 valence electrons. The summed E-state index contributed by atoms with van der Waals surface area (Å²) < 4.78 is 83.1. The van der Waals surface area contributed by atoms with Gasteiger partial charge in [0.15, 0.2) is 0 Å². The second-order valence-corrected chi connectivity index (χ2v) is 11.8. The summed E-state index contributed by atoms with van der Waals surface area (Å²) in [5.41, 5.74) is 0.481. The highest BCUT2D eigenvalue weighted by atomic mass is 32.2. The van der Waals surface area contributed by atoms with Gasteiger partial charge in [0.05, 0.1) is 33.6 Å². The molecule has 0 atom stereocenters. The highest BCUT2D eigenvalue weighted by molar-refractivity contribution is 7.93. The predicted molar refractivity (Wildman–Crippen MR) is 109 cm³/mol. The lowest BCUT2D eigenvalue weighted by Gasteiger charge is -2.26. The van der Waals surface area contributed by atoms with Crippen LogP contribution in [0.4, 0.5) is 5.69 Å². The fourth-order valence-corrected chi connectivity index (χ4v) is 6.29. The first-order chi connectivity index (χ1) is 13.9. The van der Waals surface area contributed by atoms with Crippen LogP contribution < -0.4 is 9.86 Å². The Labute approximate surface area is 175 Å². The summed E-state index contributed by atoms with van der Waals surface area (Å²) >= 11 is 0. The molecule has 13 heteroatoms. The molecule has 0 saturated carbocycles. The van der Waals surface area contributed by atoms with E-state index in [0.717, 1.165) is 6.07 Å². The highest BCUT2D eigenvalue weighted by Gasteiger charge is 2.28. The molecule has 0 spiro atoms. The number of primary sulfonamides is 1. The minimum Gasteiger partial charge on any atom is -0.379 e. The molecule has 0 unspecified atom stereocenters. The van der Waals surface area contributed by atoms with E-state index >= 15 is 0 Å². The fraction of sp³-hybridized carbons (Fsp3) is 0.294. The van der Waals surface area contributed by atoms with Crippen LogP contribution in [0.1, 0.15) is 5.56 Å². The van der Waals surface area contributed by atoms with Gasteiger partial charge in [-0.2, -0.15) is 4.31 Å². The van der Waals surface area contributed by atoms with Gasteiger partial charge in [0.25, 0.3) is 10.0 Å². The molecule has 2 aromatic carbocycles. The Morgan fingerprint density at radius 2 is 1.57 bits per heavy atom. The van der Waals surface area contributed by atoms with E-state index in [9.17, 15) is 25.3 Å². The SMILES string of the molecule is Cc1ccc(NS(=O)(=O)c2cccc(S(N)(=O)=O)c2)cc1S(=O)(=O)N1CCOCC1. The van der Waals surface area contributed by atoms with E-state index < -0.39 is 30.1 Å². The highest BCUT2D eigenvalue weighted by Crippen LogP contribution is 2.26. The number of nitrogens with two attached hydrogens (primary N) is 1. The van der Waals surface area contributed by atoms with Crippen LogP contribution in [0.15, 0.2) is 57.2 Å². The minimum atomic E-state index is -4.19. The molecule has 1 aliphatic heterocycles. The monoisotopic (exact) mass is 475 g/mol. The zero-order chi connectivity index (χ0) is 22.2. The van der Waals surface area contributed by atoms with Crippen LogP contribution >= 0.6 is 0 Å². The normalized spacial score (nSPS) is 16.3. The van der Waals surface area contributed by atoms with E-state index in [-0.39, 0.29) is 46.7 Å². The zero-order valence-corrected chi connectivity index (χ0v) is 18.4. The van der Waals surface area contributed by atoms with Gasteiger partial charge in [-0.3, -0.25) is 4.72 Å². The Morgan fingerprint density at radius 1 is 0.933 bits per heavy atom. The van der Waals surface area contributed by atoms with Crippen molar-refractivity contribution in [2.75, 3.05) is 31.0 Å². The van der Waals surface area contributed by atoms with Gasteiger partial charge < -0.3 is 4.74 Å². The molecule has 3 rings (SSSR count). The third-order valence-corrected chi connectivity index (χ3v) is 8.80. The number of sulfonamides is 3. The van der Waals surface area contributed by atoms with Crippen molar-refractivity contribution < 1.29 is 30.0 Å². The van der Waals surface area contributed by atoms with Gasteiger partial charge in [0.1, 0.15) is 0 Å². The van der Waals surface area contributed by atoms with Gasteiger partial charge in [-0.25, -0.2) is 30.4 Å². The summed E-state index contributed by atoms with van der Waals surface area (Å²) in [5.74, 6) is 0. The lowest BCUT2D eigenvalue weighted by Crippen LogP contribution is -2.40. The number of nitrogens with zero attached hydrogens (tertiary/aromatic N) is 1. The van der Waals surface area contributed by atoms with Crippen molar-refractivity contribution in [3.8, 4) is 0 Å². The average Bonchev–Trinajstić information content (AvgIpc) is 2.69. The first-order valence-corrected chi connectivity index (χ1v) is 13.2. The van der Waals surface area contributed by atoms with Crippen LogP contribution in [0.3, 0.4) is 0 Å². The maximum atomic E-state index is 13.0. The van der Waals surface area contributed by atoms with Gasteiger partial charge in [-0.05, 0) is 42.8 Å². The molecule has 0 bridgehead atoms. The van der Waals surface area contributed by atoms with Crippen LogP contribution in [-0.2, 0) is 34.8 Å². The second-order valence-electron chi connectivity index (χ2n) is 6.62.